The van der Waals surface area contributed by atoms with Crippen LogP contribution in [0.1, 0.15) is 31.4 Å². The molecule has 2 amide bonds. The monoisotopic (exact) mass is 360 g/mol. The number of aryl methyl sites for hydroxylation is 2. The van der Waals surface area contributed by atoms with Gasteiger partial charge in [0.1, 0.15) is 0 Å². The number of nitrogens with one attached hydrogen (secondary N) is 2. The fourth-order valence-corrected chi connectivity index (χ4v) is 3.12. The summed E-state index contributed by atoms with van der Waals surface area (Å²) in [6.07, 6.45) is 0.939. The highest BCUT2D eigenvalue weighted by Crippen LogP contribution is 2.19. The van der Waals surface area contributed by atoms with Crippen LogP contribution in [0.4, 0.5) is 5.69 Å². The van der Waals surface area contributed by atoms with Crippen LogP contribution in [0.5, 0.6) is 0 Å². The highest BCUT2D eigenvalue weighted by Gasteiger charge is 2.21. The Labute approximate surface area is 156 Å². The topological polar surface area (TPSA) is 64.7 Å². The maximum Gasteiger partial charge on any atom is 0.238 e. The van der Waals surface area contributed by atoms with Crippen LogP contribution in [-0.2, 0) is 9.59 Å². The van der Waals surface area contributed by atoms with Gasteiger partial charge in [0.2, 0.25) is 11.8 Å². The molecule has 0 aliphatic carbocycles. The van der Waals surface area contributed by atoms with E-state index >= 15 is 0 Å². The highest BCUT2D eigenvalue weighted by molar-refractivity contribution is 5.93. The predicted molar refractivity (Wildman–Crippen MR) is 105 cm³/mol. The van der Waals surface area contributed by atoms with Crippen molar-refractivity contribution in [2.45, 2.75) is 40.2 Å². The molecule has 0 unspecified atom stereocenters. The van der Waals surface area contributed by atoms with Crippen LogP contribution >= 0.6 is 0 Å². The first-order chi connectivity index (χ1) is 12.4. The maximum absolute atomic E-state index is 12.4. The third kappa shape index (κ3) is 6.11. The summed E-state index contributed by atoms with van der Waals surface area (Å²) in [6.45, 7) is 12.1. The first kappa shape index (κ1) is 20.4. The minimum absolute atomic E-state index is 0.0189. The van der Waals surface area contributed by atoms with E-state index in [0.717, 1.165) is 49.4 Å². The summed E-state index contributed by atoms with van der Waals surface area (Å²) in [4.78, 5) is 28.6. The van der Waals surface area contributed by atoms with Crippen molar-refractivity contribution in [1.29, 1.82) is 0 Å². The second-order valence-corrected chi connectivity index (χ2v) is 7.24. The molecule has 0 aromatic heterocycles. The van der Waals surface area contributed by atoms with E-state index < -0.39 is 0 Å². The van der Waals surface area contributed by atoms with Crippen LogP contribution in [0.3, 0.4) is 0 Å². The van der Waals surface area contributed by atoms with Crippen molar-refractivity contribution >= 4 is 17.5 Å². The number of carbonyl (C=O) groups excluding carboxylic acids is 2. The third-order valence-corrected chi connectivity index (χ3v) is 4.96. The van der Waals surface area contributed by atoms with E-state index in [0.29, 0.717) is 13.1 Å². The lowest BCUT2D eigenvalue weighted by Crippen LogP contribution is -2.51. The van der Waals surface area contributed by atoms with Crippen LogP contribution in [0.15, 0.2) is 18.2 Å². The molecular weight excluding hydrogens is 328 g/mol. The van der Waals surface area contributed by atoms with E-state index in [1.807, 2.05) is 39.0 Å². The van der Waals surface area contributed by atoms with Crippen molar-refractivity contribution in [1.82, 2.24) is 15.1 Å². The molecule has 144 valence electrons. The Kier molecular flexibility index (Phi) is 7.60. The van der Waals surface area contributed by atoms with Gasteiger partial charge in [-0.25, -0.2) is 0 Å². The Morgan fingerprint density at radius 3 is 2.00 bits per heavy atom. The van der Waals surface area contributed by atoms with Gasteiger partial charge >= 0.3 is 0 Å². The molecule has 6 nitrogen and oxygen atoms in total. The number of carbonyl (C=O) groups is 2. The molecule has 1 heterocycles. The van der Waals surface area contributed by atoms with E-state index in [1.54, 1.807) is 0 Å². The summed E-state index contributed by atoms with van der Waals surface area (Å²) in [6, 6.07) is 6.23. The zero-order chi connectivity index (χ0) is 19.1. The number of rotatable bonds is 7. The summed E-state index contributed by atoms with van der Waals surface area (Å²) in [5.74, 6) is 0.103. The Morgan fingerprint density at radius 1 is 1.00 bits per heavy atom. The molecule has 1 atom stereocenters. The molecule has 26 heavy (non-hydrogen) atoms. The van der Waals surface area contributed by atoms with Gasteiger partial charge in [0, 0.05) is 37.9 Å². The lowest BCUT2D eigenvalue weighted by Gasteiger charge is -2.34. The largest absolute Gasteiger partial charge is 0.353 e. The average molecular weight is 361 g/mol. The molecule has 0 radical (unpaired) electrons. The molecule has 1 aromatic carbocycles. The third-order valence-electron chi connectivity index (χ3n) is 4.96. The second kappa shape index (κ2) is 9.69. The van der Waals surface area contributed by atoms with Gasteiger partial charge in [-0.3, -0.25) is 19.4 Å². The normalized spacial score (nSPS) is 16.9. The van der Waals surface area contributed by atoms with E-state index in [-0.39, 0.29) is 17.9 Å². The fraction of sp³-hybridized carbons (Fsp3) is 0.600. The average Bonchev–Trinajstić information content (AvgIpc) is 2.60. The number of nitrogens with zero attached hydrogens (tertiary/aromatic N) is 2. The molecular formula is C20H32N4O2. The molecule has 0 bridgehead atoms. The lowest BCUT2D eigenvalue weighted by molar-refractivity contribution is -0.124. The standard InChI is InChI=1S/C20H32N4O2/c1-5-17(4)21-18(25)13-23-9-11-24(12-10-23)14-19(26)22-20-15(2)7-6-8-16(20)3/h6-8,17H,5,9-14H2,1-4H3,(H,21,25)(H,22,26)/t17-/m1/s1. The van der Waals surface area contributed by atoms with Gasteiger partial charge in [0.05, 0.1) is 13.1 Å². The first-order valence-corrected chi connectivity index (χ1v) is 9.49. The van der Waals surface area contributed by atoms with E-state index in [9.17, 15) is 9.59 Å². The van der Waals surface area contributed by atoms with Crippen LogP contribution in [-0.4, -0.2) is 66.9 Å². The molecule has 0 spiro atoms. The zero-order valence-electron chi connectivity index (χ0n) is 16.5. The maximum atomic E-state index is 12.4. The number of hydrogen-bond acceptors (Lipinski definition) is 4. The fourth-order valence-electron chi connectivity index (χ4n) is 3.12. The molecule has 1 aliphatic rings. The Balaban J connectivity index is 1.74. The van der Waals surface area contributed by atoms with Crippen molar-refractivity contribution in [2.75, 3.05) is 44.6 Å². The quantitative estimate of drug-likeness (QED) is 0.778. The Morgan fingerprint density at radius 2 is 1.50 bits per heavy atom. The SMILES string of the molecule is CC[C@@H](C)NC(=O)CN1CCN(CC(=O)Nc2c(C)cccc2C)CC1. The van der Waals surface area contributed by atoms with Crippen LogP contribution < -0.4 is 10.6 Å². The van der Waals surface area contributed by atoms with Gasteiger partial charge in [-0.15, -0.1) is 0 Å². The molecule has 6 heteroatoms. The number of amides is 2. The minimum atomic E-state index is 0.0189. The number of benzene rings is 1. The van der Waals surface area contributed by atoms with Crippen molar-refractivity contribution in [3.8, 4) is 0 Å². The summed E-state index contributed by atoms with van der Waals surface area (Å²) in [7, 11) is 0. The summed E-state index contributed by atoms with van der Waals surface area (Å²) >= 11 is 0. The Hall–Kier alpha value is -1.92. The lowest BCUT2D eigenvalue weighted by atomic mass is 10.1. The van der Waals surface area contributed by atoms with Crippen molar-refractivity contribution in [3.63, 3.8) is 0 Å². The van der Waals surface area contributed by atoms with Gasteiger partial charge in [0.25, 0.3) is 0 Å². The minimum Gasteiger partial charge on any atom is -0.353 e. The van der Waals surface area contributed by atoms with E-state index in [4.69, 9.17) is 0 Å². The molecule has 1 aromatic rings. The molecule has 1 saturated heterocycles. The summed E-state index contributed by atoms with van der Waals surface area (Å²) in [5.41, 5.74) is 3.07. The van der Waals surface area contributed by atoms with Crippen LogP contribution in [0.25, 0.3) is 0 Å². The number of piperazine rings is 1. The van der Waals surface area contributed by atoms with Gasteiger partial charge in [-0.05, 0) is 38.3 Å². The van der Waals surface area contributed by atoms with Crippen molar-refractivity contribution in [3.05, 3.63) is 29.3 Å². The summed E-state index contributed by atoms with van der Waals surface area (Å²) in [5, 5.41) is 6.04. The number of hydrogen-bond donors (Lipinski definition) is 2. The first-order valence-electron chi connectivity index (χ1n) is 9.49. The van der Waals surface area contributed by atoms with Crippen molar-refractivity contribution in [2.24, 2.45) is 0 Å². The van der Waals surface area contributed by atoms with Gasteiger partial charge in [0.15, 0.2) is 0 Å². The zero-order valence-corrected chi connectivity index (χ0v) is 16.5. The smallest absolute Gasteiger partial charge is 0.238 e. The second-order valence-electron chi connectivity index (χ2n) is 7.24. The summed E-state index contributed by atoms with van der Waals surface area (Å²) < 4.78 is 0. The highest BCUT2D eigenvalue weighted by atomic mass is 16.2. The van der Waals surface area contributed by atoms with E-state index in [1.165, 1.54) is 0 Å². The van der Waals surface area contributed by atoms with Crippen molar-refractivity contribution < 1.29 is 9.59 Å². The molecule has 1 aliphatic heterocycles. The van der Waals surface area contributed by atoms with Gasteiger partial charge < -0.3 is 10.6 Å². The Bertz CT molecular complexity index is 604. The molecule has 0 saturated carbocycles. The predicted octanol–water partition coefficient (Wildman–Crippen LogP) is 1.77. The number of anilines is 1. The van der Waals surface area contributed by atoms with E-state index in [2.05, 4.69) is 27.4 Å². The van der Waals surface area contributed by atoms with Crippen LogP contribution in [0, 0.1) is 13.8 Å². The van der Waals surface area contributed by atoms with Gasteiger partial charge in [-0.2, -0.15) is 0 Å². The molecule has 2 rings (SSSR count). The molecule has 2 N–H and O–H groups in total. The van der Waals surface area contributed by atoms with Gasteiger partial charge in [-0.1, -0.05) is 25.1 Å². The number of para-hydroxylation sites is 1. The molecule has 1 fully saturated rings. The van der Waals surface area contributed by atoms with Crippen LogP contribution in [0.2, 0.25) is 0 Å².